The minimum atomic E-state index is -1.26. The van der Waals surface area contributed by atoms with Crippen molar-refractivity contribution in [3.05, 3.63) is 114 Å². The van der Waals surface area contributed by atoms with Gasteiger partial charge in [-0.25, -0.2) is 8.78 Å². The molecule has 1 aromatic heterocycles. The number of hydrogen-bond donors (Lipinski definition) is 3. The molecule has 194 valence electrons. The first kappa shape index (κ1) is 26.5. The number of hydrogen-bond acceptors (Lipinski definition) is 6. The zero-order valence-electron chi connectivity index (χ0n) is 20.0. The molecule has 0 aliphatic rings. The maximum atomic E-state index is 13.8. The molecule has 0 amide bonds. The van der Waals surface area contributed by atoms with E-state index in [0.29, 0.717) is 33.8 Å². The molecule has 0 fully saturated rings. The molecule has 0 radical (unpaired) electrons. The Hall–Kier alpha value is -4.54. The summed E-state index contributed by atoms with van der Waals surface area (Å²) >= 11 is 0. The number of tetrazole rings is 1. The molecule has 10 heteroatoms. The normalized spacial score (nSPS) is 12.8. The highest BCUT2D eigenvalue weighted by Crippen LogP contribution is 2.32. The number of rotatable bonds is 10. The van der Waals surface area contributed by atoms with Gasteiger partial charge in [0, 0.05) is 17.6 Å². The van der Waals surface area contributed by atoms with E-state index in [2.05, 4.69) is 15.5 Å². The van der Waals surface area contributed by atoms with Gasteiger partial charge in [0.15, 0.2) is 5.82 Å². The number of aliphatic carboxylic acids is 1. The Bertz CT molecular complexity index is 1390. The molecule has 0 spiro atoms. The van der Waals surface area contributed by atoms with E-state index in [-0.39, 0.29) is 6.42 Å². The van der Waals surface area contributed by atoms with Crippen LogP contribution in [-0.2, 0) is 4.79 Å². The van der Waals surface area contributed by atoms with Crippen LogP contribution in [0.25, 0.3) is 22.7 Å². The van der Waals surface area contributed by atoms with E-state index >= 15 is 0 Å². The van der Waals surface area contributed by atoms with Gasteiger partial charge in [-0.1, -0.05) is 60.7 Å². The van der Waals surface area contributed by atoms with Gasteiger partial charge in [0.05, 0.1) is 24.3 Å². The average molecular weight is 519 g/mol. The Balaban J connectivity index is 1.91. The Kier molecular flexibility index (Phi) is 8.47. The van der Waals surface area contributed by atoms with Crippen LogP contribution in [0.15, 0.2) is 91.0 Å². The number of carboxylic acids is 1. The number of aliphatic hydroxyl groups is 2. The van der Waals surface area contributed by atoms with Crippen molar-refractivity contribution in [2.75, 3.05) is 0 Å². The van der Waals surface area contributed by atoms with E-state index in [9.17, 15) is 23.8 Å². The summed E-state index contributed by atoms with van der Waals surface area (Å²) in [5.74, 6) is -1.71. The van der Waals surface area contributed by atoms with Gasteiger partial charge < -0.3 is 15.3 Å². The molecule has 2 unspecified atom stereocenters. The van der Waals surface area contributed by atoms with Gasteiger partial charge in [-0.05, 0) is 51.9 Å². The molecular weight excluding hydrogens is 494 g/mol. The predicted molar refractivity (Wildman–Crippen MR) is 136 cm³/mol. The van der Waals surface area contributed by atoms with Crippen molar-refractivity contribution >= 4 is 17.2 Å². The molecule has 1 heterocycles. The average Bonchev–Trinajstić information content (AvgIpc) is 3.38. The zero-order valence-corrected chi connectivity index (χ0v) is 20.0. The third kappa shape index (κ3) is 6.61. The molecule has 0 aliphatic heterocycles. The molecule has 0 aliphatic carbocycles. The van der Waals surface area contributed by atoms with E-state index in [1.54, 1.807) is 24.3 Å². The maximum Gasteiger partial charge on any atom is 0.305 e. The Labute approximate surface area is 216 Å². The lowest BCUT2D eigenvalue weighted by molar-refractivity contribution is -0.139. The summed E-state index contributed by atoms with van der Waals surface area (Å²) in [5.41, 5.74) is 2.68. The highest BCUT2D eigenvalue weighted by Gasteiger charge is 2.19. The molecule has 3 N–H and O–H groups in total. The minimum absolute atomic E-state index is 0.223. The number of benzene rings is 3. The van der Waals surface area contributed by atoms with E-state index in [1.165, 1.54) is 41.1 Å². The predicted octanol–water partition coefficient (Wildman–Crippen LogP) is 4.18. The molecule has 0 bridgehead atoms. The van der Waals surface area contributed by atoms with Gasteiger partial charge in [-0.15, -0.1) is 5.10 Å². The van der Waals surface area contributed by atoms with Crippen LogP contribution >= 0.6 is 0 Å². The van der Waals surface area contributed by atoms with Crippen LogP contribution in [0.5, 0.6) is 0 Å². The Morgan fingerprint density at radius 3 is 2.03 bits per heavy atom. The molecule has 8 nitrogen and oxygen atoms in total. The van der Waals surface area contributed by atoms with Gasteiger partial charge in [0.2, 0.25) is 0 Å². The lowest BCUT2D eigenvalue weighted by atomic mass is 9.95. The Morgan fingerprint density at radius 1 is 0.895 bits per heavy atom. The van der Waals surface area contributed by atoms with Crippen molar-refractivity contribution in [3.63, 3.8) is 0 Å². The highest BCUT2D eigenvalue weighted by molar-refractivity contribution is 5.97. The quantitative estimate of drug-likeness (QED) is 0.269. The fourth-order valence-corrected chi connectivity index (χ4v) is 3.92. The van der Waals surface area contributed by atoms with Crippen LogP contribution in [0, 0.1) is 11.6 Å². The van der Waals surface area contributed by atoms with Crippen LogP contribution in [0.1, 0.15) is 24.0 Å². The molecule has 0 saturated heterocycles. The Morgan fingerprint density at radius 2 is 1.47 bits per heavy atom. The van der Waals surface area contributed by atoms with Gasteiger partial charge in [0.25, 0.3) is 0 Å². The second kappa shape index (κ2) is 12.1. The summed E-state index contributed by atoms with van der Waals surface area (Å²) in [5, 5.41) is 41.5. The van der Waals surface area contributed by atoms with Gasteiger partial charge in [-0.3, -0.25) is 4.79 Å². The number of carbonyl (C=O) groups is 1. The second-order valence-corrected chi connectivity index (χ2v) is 8.47. The van der Waals surface area contributed by atoms with E-state index in [0.717, 1.165) is 0 Å². The molecule has 0 saturated carbocycles. The van der Waals surface area contributed by atoms with Gasteiger partial charge in [-0.2, -0.15) is 4.68 Å². The SMILES string of the molecule is O=C(O)CC(O)CC(O)/C=C/C(=C(c1ccc(F)cc1)c1ccc(F)cc1)n1nnnc1-c1ccccc1. The highest BCUT2D eigenvalue weighted by atomic mass is 19.1. The summed E-state index contributed by atoms with van der Waals surface area (Å²) in [4.78, 5) is 10.9. The summed E-state index contributed by atoms with van der Waals surface area (Å²) < 4.78 is 29.1. The topological polar surface area (TPSA) is 121 Å². The van der Waals surface area contributed by atoms with Crippen molar-refractivity contribution in [1.82, 2.24) is 20.2 Å². The molecule has 38 heavy (non-hydrogen) atoms. The van der Waals surface area contributed by atoms with E-state index in [1.807, 2.05) is 30.3 Å². The van der Waals surface area contributed by atoms with Crippen molar-refractivity contribution in [3.8, 4) is 11.4 Å². The molecular formula is C28H24F2N4O4. The van der Waals surface area contributed by atoms with Crippen LogP contribution in [0.3, 0.4) is 0 Å². The van der Waals surface area contributed by atoms with Crippen molar-refractivity contribution < 1.29 is 28.9 Å². The molecule has 2 atom stereocenters. The number of aliphatic hydroxyl groups excluding tert-OH is 2. The molecule has 3 aromatic carbocycles. The van der Waals surface area contributed by atoms with Gasteiger partial charge >= 0.3 is 5.97 Å². The molecule has 4 aromatic rings. The van der Waals surface area contributed by atoms with Crippen LogP contribution in [0.4, 0.5) is 8.78 Å². The zero-order chi connectivity index (χ0) is 27.1. The van der Waals surface area contributed by atoms with Crippen molar-refractivity contribution in [2.45, 2.75) is 25.0 Å². The fraction of sp³-hybridized carbons (Fsp3) is 0.143. The first-order valence-electron chi connectivity index (χ1n) is 11.7. The lowest BCUT2D eigenvalue weighted by Crippen LogP contribution is -2.19. The number of aromatic nitrogens is 4. The molecule has 4 rings (SSSR count). The summed E-state index contributed by atoms with van der Waals surface area (Å²) in [6.45, 7) is 0. The first-order chi connectivity index (χ1) is 18.3. The van der Waals surface area contributed by atoms with E-state index in [4.69, 9.17) is 5.11 Å². The smallest absolute Gasteiger partial charge is 0.305 e. The third-order valence-corrected chi connectivity index (χ3v) is 5.65. The standard InChI is InChI=1S/C28H24F2N4O4/c29-21-10-6-18(7-11-21)27(19-8-12-22(30)13-9-19)25(15-14-23(35)16-24(36)17-26(37)38)34-28(31-32-33-34)20-4-2-1-3-5-20/h1-15,23-24,35-36H,16-17H2,(H,37,38)/b15-14+. The fourth-order valence-electron chi connectivity index (χ4n) is 3.92. The van der Waals surface area contributed by atoms with Crippen LogP contribution < -0.4 is 0 Å². The van der Waals surface area contributed by atoms with E-state index < -0.39 is 36.2 Å². The third-order valence-electron chi connectivity index (χ3n) is 5.65. The number of allylic oxidation sites excluding steroid dienone is 2. The minimum Gasteiger partial charge on any atom is -0.481 e. The maximum absolute atomic E-state index is 13.8. The summed E-state index contributed by atoms with van der Waals surface area (Å²) in [7, 11) is 0. The summed E-state index contributed by atoms with van der Waals surface area (Å²) in [6.07, 6.45) is -0.304. The number of carboxylic acid groups (broad SMARTS) is 1. The van der Waals surface area contributed by atoms with Gasteiger partial charge in [0.1, 0.15) is 11.6 Å². The van der Waals surface area contributed by atoms with Crippen molar-refractivity contribution in [2.24, 2.45) is 0 Å². The van der Waals surface area contributed by atoms with Crippen LogP contribution in [-0.4, -0.2) is 53.7 Å². The number of nitrogens with zero attached hydrogens (tertiary/aromatic N) is 4. The second-order valence-electron chi connectivity index (χ2n) is 8.47. The first-order valence-corrected chi connectivity index (χ1v) is 11.7. The number of halogens is 2. The summed E-state index contributed by atoms with van der Waals surface area (Å²) in [6, 6.07) is 20.5. The monoisotopic (exact) mass is 518 g/mol. The van der Waals surface area contributed by atoms with Crippen molar-refractivity contribution in [1.29, 1.82) is 0 Å². The lowest BCUT2D eigenvalue weighted by Gasteiger charge is -2.16. The largest absolute Gasteiger partial charge is 0.481 e. The van der Waals surface area contributed by atoms with Crippen LogP contribution in [0.2, 0.25) is 0 Å².